The average Bonchev–Trinajstić information content (AvgIpc) is 3.33. The number of hydrazine groups is 1. The number of rotatable bonds is 3. The molecule has 8 nitrogen and oxygen atoms in total. The molecule has 0 aromatic carbocycles. The number of nitrogens with zero attached hydrogens (tertiary/aromatic N) is 4. The Morgan fingerprint density at radius 1 is 1.18 bits per heavy atom. The molecule has 0 amide bonds. The monoisotopic (exact) mass is 302 g/mol. The number of aromatic nitrogens is 1. The second-order valence-corrected chi connectivity index (χ2v) is 6.17. The molecular weight excluding hydrogens is 280 g/mol. The van der Waals surface area contributed by atoms with Crippen molar-refractivity contribution in [3.8, 4) is 0 Å². The molecule has 118 valence electrons. The van der Waals surface area contributed by atoms with E-state index in [2.05, 4.69) is 30.6 Å². The molecule has 1 atom stereocenters. The minimum absolute atomic E-state index is 0.280. The summed E-state index contributed by atoms with van der Waals surface area (Å²) in [5.41, 5.74) is 18.1. The fourth-order valence-corrected chi connectivity index (χ4v) is 3.10. The first-order chi connectivity index (χ1) is 10.6. The van der Waals surface area contributed by atoms with Gasteiger partial charge in [0, 0.05) is 44.0 Å². The fourth-order valence-electron chi connectivity index (χ4n) is 3.10. The molecule has 8 heteroatoms. The first-order valence-electron chi connectivity index (χ1n) is 7.77. The van der Waals surface area contributed by atoms with Crippen molar-refractivity contribution in [3.63, 3.8) is 0 Å². The molecule has 0 bridgehead atoms. The molecule has 1 saturated carbocycles. The van der Waals surface area contributed by atoms with Crippen molar-refractivity contribution < 1.29 is 0 Å². The number of guanidine groups is 1. The molecular formula is C14H22N8. The first-order valence-corrected chi connectivity index (χ1v) is 7.77. The Labute approximate surface area is 129 Å². The maximum atomic E-state index is 6.16. The number of pyridine rings is 1. The summed E-state index contributed by atoms with van der Waals surface area (Å²) in [5.74, 6) is 0.230. The molecule has 1 aromatic heterocycles. The van der Waals surface area contributed by atoms with Crippen LogP contribution < -0.4 is 27.2 Å². The van der Waals surface area contributed by atoms with E-state index < -0.39 is 5.79 Å². The number of nitrogens with two attached hydrogens (primary N) is 2. The Bertz CT molecular complexity index is 573. The van der Waals surface area contributed by atoms with Crippen LogP contribution in [0, 0.1) is 0 Å². The SMILES string of the molecule is NC1=NC(N)(c2ccc(N3CCN(C4CC4)CC3)nc2)NN1. The standard InChI is InChI=1S/C14H22N8/c15-13-18-14(16,20-19-13)10-1-4-12(17-9-10)22-7-5-21(6-8-22)11-2-3-11/h1,4,9,11,20H,2-3,5-8,16H2,(H3,15,18,19). The van der Waals surface area contributed by atoms with Gasteiger partial charge in [0.25, 0.3) is 0 Å². The Morgan fingerprint density at radius 3 is 2.50 bits per heavy atom. The van der Waals surface area contributed by atoms with Crippen molar-refractivity contribution in [1.29, 1.82) is 0 Å². The largest absolute Gasteiger partial charge is 0.369 e. The zero-order chi connectivity index (χ0) is 15.2. The van der Waals surface area contributed by atoms with Crippen LogP contribution in [0.4, 0.5) is 5.82 Å². The van der Waals surface area contributed by atoms with E-state index >= 15 is 0 Å². The lowest BCUT2D eigenvalue weighted by Gasteiger charge is -2.35. The summed E-state index contributed by atoms with van der Waals surface area (Å²) in [5, 5.41) is 0. The van der Waals surface area contributed by atoms with E-state index in [1.807, 2.05) is 12.1 Å². The van der Waals surface area contributed by atoms with Crippen LogP contribution in [-0.2, 0) is 5.79 Å². The van der Waals surface area contributed by atoms with Gasteiger partial charge in [0.2, 0.25) is 11.7 Å². The van der Waals surface area contributed by atoms with Crippen molar-refractivity contribution in [3.05, 3.63) is 23.9 Å². The summed E-state index contributed by atoms with van der Waals surface area (Å²) in [4.78, 5) is 13.6. The number of aliphatic imine (C=N–C) groups is 1. The predicted molar refractivity (Wildman–Crippen MR) is 84.8 cm³/mol. The van der Waals surface area contributed by atoms with Gasteiger partial charge in [-0.3, -0.25) is 16.1 Å². The van der Waals surface area contributed by atoms with Gasteiger partial charge in [0.1, 0.15) is 5.82 Å². The summed E-state index contributed by atoms with van der Waals surface area (Å²) in [6.45, 7) is 4.31. The zero-order valence-electron chi connectivity index (χ0n) is 12.5. The highest BCUT2D eigenvalue weighted by Gasteiger charge is 2.33. The van der Waals surface area contributed by atoms with Crippen LogP contribution in [0.15, 0.2) is 23.3 Å². The number of piperazine rings is 1. The Balaban J connectivity index is 1.44. The highest BCUT2D eigenvalue weighted by atomic mass is 15.6. The number of anilines is 1. The Hall–Kier alpha value is -1.90. The van der Waals surface area contributed by atoms with Crippen molar-refractivity contribution in [2.75, 3.05) is 31.1 Å². The third-order valence-corrected chi connectivity index (χ3v) is 4.57. The first kappa shape index (κ1) is 13.7. The Morgan fingerprint density at radius 2 is 1.95 bits per heavy atom. The molecule has 2 fully saturated rings. The van der Waals surface area contributed by atoms with Crippen LogP contribution in [0.3, 0.4) is 0 Å². The maximum Gasteiger partial charge on any atom is 0.210 e. The molecule has 0 spiro atoms. The van der Waals surface area contributed by atoms with Crippen LogP contribution in [-0.4, -0.2) is 48.1 Å². The van der Waals surface area contributed by atoms with Crippen molar-refractivity contribution >= 4 is 11.8 Å². The zero-order valence-corrected chi connectivity index (χ0v) is 12.5. The highest BCUT2D eigenvalue weighted by Crippen LogP contribution is 2.28. The van der Waals surface area contributed by atoms with Gasteiger partial charge in [-0.05, 0) is 25.0 Å². The second-order valence-electron chi connectivity index (χ2n) is 6.17. The molecule has 2 aliphatic heterocycles. The van der Waals surface area contributed by atoms with Gasteiger partial charge in [-0.2, -0.15) is 5.43 Å². The lowest BCUT2D eigenvalue weighted by Crippen LogP contribution is -2.50. The van der Waals surface area contributed by atoms with E-state index in [1.54, 1.807) is 6.20 Å². The van der Waals surface area contributed by atoms with E-state index in [9.17, 15) is 0 Å². The van der Waals surface area contributed by atoms with Gasteiger partial charge in [0.05, 0.1) is 0 Å². The number of hydrogen-bond donors (Lipinski definition) is 4. The minimum atomic E-state index is -1.04. The Kier molecular flexibility index (Phi) is 3.17. The fraction of sp³-hybridized carbons (Fsp3) is 0.571. The third-order valence-electron chi connectivity index (χ3n) is 4.57. The predicted octanol–water partition coefficient (Wildman–Crippen LogP) is -1.14. The highest BCUT2D eigenvalue weighted by molar-refractivity contribution is 5.79. The summed E-state index contributed by atoms with van der Waals surface area (Å²) < 4.78 is 0. The van der Waals surface area contributed by atoms with Crippen molar-refractivity contribution in [2.24, 2.45) is 16.5 Å². The third kappa shape index (κ3) is 2.49. The summed E-state index contributed by atoms with van der Waals surface area (Å²) in [6.07, 6.45) is 4.51. The smallest absolute Gasteiger partial charge is 0.210 e. The molecule has 3 aliphatic rings. The van der Waals surface area contributed by atoms with Gasteiger partial charge >= 0.3 is 0 Å². The van der Waals surface area contributed by atoms with Gasteiger partial charge in [0.15, 0.2) is 0 Å². The van der Waals surface area contributed by atoms with E-state index in [-0.39, 0.29) is 5.96 Å². The molecule has 0 radical (unpaired) electrons. The number of nitrogens with one attached hydrogen (secondary N) is 2. The average molecular weight is 302 g/mol. The van der Waals surface area contributed by atoms with E-state index in [0.29, 0.717) is 0 Å². The normalized spacial score (nSPS) is 29.3. The van der Waals surface area contributed by atoms with Crippen LogP contribution >= 0.6 is 0 Å². The van der Waals surface area contributed by atoms with Crippen molar-refractivity contribution in [1.82, 2.24) is 20.7 Å². The van der Waals surface area contributed by atoms with E-state index in [1.165, 1.54) is 12.8 Å². The molecule has 1 unspecified atom stereocenters. The number of hydrogen-bond acceptors (Lipinski definition) is 8. The van der Waals surface area contributed by atoms with E-state index in [0.717, 1.165) is 43.6 Å². The molecule has 6 N–H and O–H groups in total. The minimum Gasteiger partial charge on any atom is -0.369 e. The lowest BCUT2D eigenvalue weighted by atomic mass is 10.1. The van der Waals surface area contributed by atoms with Gasteiger partial charge in [-0.1, -0.05) is 0 Å². The van der Waals surface area contributed by atoms with Crippen molar-refractivity contribution in [2.45, 2.75) is 24.7 Å². The molecule has 3 heterocycles. The summed E-state index contributed by atoms with van der Waals surface area (Å²) >= 11 is 0. The lowest BCUT2D eigenvalue weighted by molar-refractivity contribution is 0.247. The van der Waals surface area contributed by atoms with Crippen LogP contribution in [0.2, 0.25) is 0 Å². The quantitative estimate of drug-likeness (QED) is 0.559. The molecule has 22 heavy (non-hydrogen) atoms. The van der Waals surface area contributed by atoms with Gasteiger partial charge in [-0.15, -0.1) is 0 Å². The second kappa shape index (κ2) is 5.08. The molecule has 1 aromatic rings. The molecule has 1 saturated heterocycles. The van der Waals surface area contributed by atoms with Crippen LogP contribution in [0.5, 0.6) is 0 Å². The van der Waals surface area contributed by atoms with E-state index in [4.69, 9.17) is 11.5 Å². The van der Waals surface area contributed by atoms with Gasteiger partial charge < -0.3 is 10.6 Å². The summed E-state index contributed by atoms with van der Waals surface area (Å²) in [6, 6.07) is 4.80. The summed E-state index contributed by atoms with van der Waals surface area (Å²) in [7, 11) is 0. The molecule has 4 rings (SSSR count). The van der Waals surface area contributed by atoms with Gasteiger partial charge in [-0.25, -0.2) is 9.98 Å². The molecule has 1 aliphatic carbocycles. The maximum absolute atomic E-state index is 6.16. The van der Waals surface area contributed by atoms with Crippen LogP contribution in [0.1, 0.15) is 18.4 Å². The van der Waals surface area contributed by atoms with Crippen LogP contribution in [0.25, 0.3) is 0 Å². The topological polar surface area (TPSA) is 108 Å².